The first-order chi connectivity index (χ1) is 10.0. The zero-order valence-corrected chi connectivity index (χ0v) is 11.5. The Balaban J connectivity index is 2.51. The standard InChI is InChI=1S/C15H18O6/c16-7-6-13(17)12(8-15(19)20)14(18)10-21-9-11-4-2-1-3-5-11/h1-5,7,12-13,17H,6,8-10H2,(H,19,20)/t12-,13-/m0/s1. The maximum absolute atomic E-state index is 11.9. The third-order valence-electron chi connectivity index (χ3n) is 2.97. The SMILES string of the molecule is O=CC[C@H](O)[C@H](CC(=O)O)C(=O)COCc1ccccc1. The number of ether oxygens (including phenoxy) is 1. The zero-order valence-electron chi connectivity index (χ0n) is 11.5. The van der Waals surface area contributed by atoms with E-state index in [0.29, 0.717) is 6.29 Å². The first-order valence-electron chi connectivity index (χ1n) is 6.52. The van der Waals surface area contributed by atoms with Gasteiger partial charge in [0.15, 0.2) is 5.78 Å². The van der Waals surface area contributed by atoms with Gasteiger partial charge in [0.2, 0.25) is 0 Å². The van der Waals surface area contributed by atoms with Crippen LogP contribution in [-0.4, -0.2) is 41.0 Å². The second kappa shape index (κ2) is 8.99. The number of aliphatic hydroxyl groups excluding tert-OH is 1. The molecule has 0 aliphatic carbocycles. The van der Waals surface area contributed by atoms with Crippen LogP contribution in [-0.2, 0) is 25.7 Å². The lowest BCUT2D eigenvalue weighted by atomic mass is 9.92. The number of aldehydes is 1. The van der Waals surface area contributed by atoms with Gasteiger partial charge in [-0.3, -0.25) is 9.59 Å². The number of hydrogen-bond donors (Lipinski definition) is 2. The van der Waals surface area contributed by atoms with Crippen LogP contribution in [0.15, 0.2) is 30.3 Å². The van der Waals surface area contributed by atoms with E-state index in [1.165, 1.54) is 0 Å². The fraction of sp³-hybridized carbons (Fsp3) is 0.400. The smallest absolute Gasteiger partial charge is 0.304 e. The van der Waals surface area contributed by atoms with Crippen molar-refractivity contribution >= 4 is 18.0 Å². The molecule has 2 N–H and O–H groups in total. The van der Waals surface area contributed by atoms with Gasteiger partial charge in [0.1, 0.15) is 12.9 Å². The molecule has 0 spiro atoms. The van der Waals surface area contributed by atoms with Crippen molar-refractivity contribution in [1.29, 1.82) is 0 Å². The number of benzene rings is 1. The predicted molar refractivity (Wildman–Crippen MR) is 73.5 cm³/mol. The fourth-order valence-corrected chi connectivity index (χ4v) is 1.87. The average molecular weight is 294 g/mol. The van der Waals surface area contributed by atoms with Crippen LogP contribution in [0, 0.1) is 5.92 Å². The lowest BCUT2D eigenvalue weighted by Crippen LogP contribution is -2.33. The molecule has 1 aromatic carbocycles. The lowest BCUT2D eigenvalue weighted by Gasteiger charge is -2.18. The van der Waals surface area contributed by atoms with Crippen molar-refractivity contribution in [2.75, 3.05) is 6.61 Å². The van der Waals surface area contributed by atoms with Crippen LogP contribution in [0.4, 0.5) is 0 Å². The van der Waals surface area contributed by atoms with E-state index in [1.807, 2.05) is 30.3 Å². The molecule has 0 aliphatic rings. The van der Waals surface area contributed by atoms with Gasteiger partial charge in [-0.25, -0.2) is 0 Å². The Morgan fingerprint density at radius 2 is 1.90 bits per heavy atom. The molecule has 6 nitrogen and oxygen atoms in total. The lowest BCUT2D eigenvalue weighted by molar-refractivity contribution is -0.144. The van der Waals surface area contributed by atoms with Crippen LogP contribution in [0.5, 0.6) is 0 Å². The molecule has 0 aliphatic heterocycles. The topological polar surface area (TPSA) is 101 Å². The molecule has 2 atom stereocenters. The first-order valence-corrected chi connectivity index (χ1v) is 6.52. The number of aliphatic carboxylic acids is 1. The number of carboxylic acid groups (broad SMARTS) is 1. The predicted octanol–water partition coefficient (Wildman–Crippen LogP) is 0.813. The second-order valence-corrected chi connectivity index (χ2v) is 4.62. The number of hydrogen-bond acceptors (Lipinski definition) is 5. The van der Waals surface area contributed by atoms with Gasteiger partial charge in [-0.1, -0.05) is 30.3 Å². The summed E-state index contributed by atoms with van der Waals surface area (Å²) >= 11 is 0. The molecule has 114 valence electrons. The third-order valence-corrected chi connectivity index (χ3v) is 2.97. The van der Waals surface area contributed by atoms with Gasteiger partial charge < -0.3 is 19.7 Å². The highest BCUT2D eigenvalue weighted by Crippen LogP contribution is 2.14. The Hall–Kier alpha value is -2.05. The Kier molecular flexibility index (Phi) is 7.28. The summed E-state index contributed by atoms with van der Waals surface area (Å²) < 4.78 is 5.23. The summed E-state index contributed by atoms with van der Waals surface area (Å²) in [5, 5.41) is 18.4. The third kappa shape index (κ3) is 6.29. The van der Waals surface area contributed by atoms with E-state index >= 15 is 0 Å². The maximum atomic E-state index is 11.9. The molecule has 21 heavy (non-hydrogen) atoms. The van der Waals surface area contributed by atoms with Crippen molar-refractivity contribution in [2.24, 2.45) is 5.92 Å². The normalized spacial score (nSPS) is 13.4. The van der Waals surface area contributed by atoms with Gasteiger partial charge in [0.05, 0.1) is 25.0 Å². The summed E-state index contributed by atoms with van der Waals surface area (Å²) in [7, 11) is 0. The number of carboxylic acids is 1. The molecule has 0 amide bonds. The highest BCUT2D eigenvalue weighted by atomic mass is 16.5. The molecule has 0 fully saturated rings. The molecule has 0 saturated carbocycles. The van der Waals surface area contributed by atoms with E-state index in [1.54, 1.807) is 0 Å². The molecular formula is C15H18O6. The Morgan fingerprint density at radius 3 is 2.48 bits per heavy atom. The monoisotopic (exact) mass is 294 g/mol. The van der Waals surface area contributed by atoms with E-state index < -0.39 is 30.2 Å². The number of aliphatic hydroxyl groups is 1. The molecule has 0 bridgehead atoms. The first kappa shape index (κ1) is 17.0. The zero-order chi connectivity index (χ0) is 15.7. The van der Waals surface area contributed by atoms with E-state index in [2.05, 4.69) is 0 Å². The van der Waals surface area contributed by atoms with Crippen molar-refractivity contribution in [3.63, 3.8) is 0 Å². The van der Waals surface area contributed by atoms with Gasteiger partial charge in [-0.15, -0.1) is 0 Å². The van der Waals surface area contributed by atoms with Crippen LogP contribution in [0.25, 0.3) is 0 Å². The largest absolute Gasteiger partial charge is 0.481 e. The quantitative estimate of drug-likeness (QED) is 0.619. The van der Waals surface area contributed by atoms with Gasteiger partial charge in [-0.05, 0) is 5.56 Å². The maximum Gasteiger partial charge on any atom is 0.304 e. The highest BCUT2D eigenvalue weighted by Gasteiger charge is 2.28. The number of rotatable bonds is 10. The number of carbonyl (C=O) groups excluding carboxylic acids is 2. The van der Waals surface area contributed by atoms with Crippen LogP contribution in [0.2, 0.25) is 0 Å². The van der Waals surface area contributed by atoms with Gasteiger partial charge in [0, 0.05) is 6.42 Å². The Bertz CT molecular complexity index is 470. The van der Waals surface area contributed by atoms with E-state index in [-0.39, 0.29) is 19.6 Å². The summed E-state index contributed by atoms with van der Waals surface area (Å²) in [5.41, 5.74) is 0.883. The Labute approximate surface area is 122 Å². The molecule has 1 rings (SSSR count). The van der Waals surface area contributed by atoms with Crippen molar-refractivity contribution in [3.8, 4) is 0 Å². The van der Waals surface area contributed by atoms with E-state index in [9.17, 15) is 19.5 Å². The summed E-state index contributed by atoms with van der Waals surface area (Å²) in [6, 6.07) is 9.19. The van der Waals surface area contributed by atoms with E-state index in [0.717, 1.165) is 5.56 Å². The van der Waals surface area contributed by atoms with Crippen LogP contribution < -0.4 is 0 Å². The molecular weight excluding hydrogens is 276 g/mol. The van der Waals surface area contributed by atoms with E-state index in [4.69, 9.17) is 9.84 Å². The van der Waals surface area contributed by atoms with Crippen LogP contribution in [0.1, 0.15) is 18.4 Å². The molecule has 0 aromatic heterocycles. The summed E-state index contributed by atoms with van der Waals surface area (Å²) in [4.78, 5) is 33.0. The van der Waals surface area contributed by atoms with Gasteiger partial charge >= 0.3 is 5.97 Å². The molecule has 0 unspecified atom stereocenters. The molecule has 0 radical (unpaired) electrons. The van der Waals surface area contributed by atoms with Crippen molar-refractivity contribution in [1.82, 2.24) is 0 Å². The molecule has 0 heterocycles. The van der Waals surface area contributed by atoms with Crippen molar-refractivity contribution in [3.05, 3.63) is 35.9 Å². The van der Waals surface area contributed by atoms with Crippen LogP contribution in [0.3, 0.4) is 0 Å². The minimum absolute atomic E-state index is 0.218. The van der Waals surface area contributed by atoms with Crippen LogP contribution >= 0.6 is 0 Å². The highest BCUT2D eigenvalue weighted by molar-refractivity contribution is 5.86. The number of carbonyl (C=O) groups is 3. The summed E-state index contributed by atoms with van der Waals surface area (Å²) in [6.07, 6.45) is -1.64. The second-order valence-electron chi connectivity index (χ2n) is 4.62. The Morgan fingerprint density at radius 1 is 1.24 bits per heavy atom. The molecule has 0 saturated heterocycles. The minimum Gasteiger partial charge on any atom is -0.481 e. The molecule has 6 heteroatoms. The summed E-state index contributed by atoms with van der Waals surface area (Å²) in [5.74, 6) is -2.87. The molecule has 1 aromatic rings. The average Bonchev–Trinajstić information content (AvgIpc) is 2.45. The van der Waals surface area contributed by atoms with Crippen molar-refractivity contribution in [2.45, 2.75) is 25.6 Å². The fourth-order valence-electron chi connectivity index (χ4n) is 1.87. The van der Waals surface area contributed by atoms with Crippen molar-refractivity contribution < 1.29 is 29.3 Å². The number of Topliss-reactive ketones (excluding diaryl/α,β-unsaturated/α-hetero) is 1. The van der Waals surface area contributed by atoms with Gasteiger partial charge in [0.25, 0.3) is 0 Å². The van der Waals surface area contributed by atoms with Gasteiger partial charge in [-0.2, -0.15) is 0 Å². The summed E-state index contributed by atoms with van der Waals surface area (Å²) in [6.45, 7) is -0.0844. The minimum atomic E-state index is -1.30. The number of ketones is 1.